The second kappa shape index (κ2) is 4.34. The molecule has 0 radical (unpaired) electrons. The van der Waals surface area contributed by atoms with Crippen molar-refractivity contribution in [3.8, 4) is 0 Å². The van der Waals surface area contributed by atoms with E-state index < -0.39 is 8.07 Å². The van der Waals surface area contributed by atoms with Gasteiger partial charge in [-0.1, -0.05) is 37.3 Å². The van der Waals surface area contributed by atoms with E-state index in [0.717, 1.165) is 0 Å². The maximum absolute atomic E-state index is 2.41. The molecular formula is C11H18SSi. The molecular weight excluding hydrogens is 192 g/mol. The number of hydrogen-bond acceptors (Lipinski definition) is 1. The highest BCUT2D eigenvalue weighted by atomic mass is 32.2. The molecule has 0 aliphatic rings. The molecule has 0 saturated carbocycles. The maximum atomic E-state index is 2.41. The molecule has 0 nitrogen and oxygen atoms in total. The molecule has 0 heterocycles. The van der Waals surface area contributed by atoms with Crippen molar-refractivity contribution in [3.05, 3.63) is 29.8 Å². The summed E-state index contributed by atoms with van der Waals surface area (Å²) in [5.41, 5.74) is 1.36. The average Bonchev–Trinajstić information content (AvgIpc) is 2.00. The Bertz CT molecular complexity index is 276. The first kappa shape index (κ1) is 10.9. The van der Waals surface area contributed by atoms with Gasteiger partial charge in [-0.25, -0.2) is 0 Å². The van der Waals surface area contributed by atoms with Crippen LogP contribution >= 0.6 is 11.8 Å². The molecule has 0 bridgehead atoms. The predicted octanol–water partition coefficient (Wildman–Crippen LogP) is 3.96. The van der Waals surface area contributed by atoms with E-state index in [1.54, 1.807) is 0 Å². The molecule has 1 aromatic carbocycles. The number of rotatable bonds is 3. The molecule has 0 N–H and O–H groups in total. The summed E-state index contributed by atoms with van der Waals surface area (Å²) < 4.78 is 0. The van der Waals surface area contributed by atoms with E-state index in [9.17, 15) is 0 Å². The molecule has 0 spiro atoms. The fourth-order valence-corrected chi connectivity index (χ4v) is 3.85. The van der Waals surface area contributed by atoms with Crippen LogP contribution in [0.4, 0.5) is 0 Å². The van der Waals surface area contributed by atoms with Gasteiger partial charge in [-0.05, 0) is 24.4 Å². The minimum atomic E-state index is -0.894. The zero-order valence-corrected chi connectivity index (χ0v) is 10.7. The Hall–Kier alpha value is -0.213. The van der Waals surface area contributed by atoms with Crippen LogP contribution in [-0.2, 0) is 0 Å². The Labute approximate surface area is 86.8 Å². The van der Waals surface area contributed by atoms with Crippen molar-refractivity contribution in [2.75, 3.05) is 5.38 Å². The summed E-state index contributed by atoms with van der Waals surface area (Å²) in [6.07, 6.45) is 0. The van der Waals surface area contributed by atoms with Gasteiger partial charge < -0.3 is 0 Å². The minimum Gasteiger partial charge on any atom is -0.129 e. The number of thioether (sulfide) groups is 1. The number of benzene rings is 1. The van der Waals surface area contributed by atoms with Crippen molar-refractivity contribution in [3.63, 3.8) is 0 Å². The topological polar surface area (TPSA) is 0 Å². The van der Waals surface area contributed by atoms with E-state index >= 15 is 0 Å². The summed E-state index contributed by atoms with van der Waals surface area (Å²) in [5, 5.41) is 1.32. The molecule has 13 heavy (non-hydrogen) atoms. The van der Waals surface area contributed by atoms with E-state index in [4.69, 9.17) is 0 Å². The van der Waals surface area contributed by atoms with Crippen molar-refractivity contribution in [1.29, 1.82) is 0 Å². The summed E-state index contributed by atoms with van der Waals surface area (Å²) >= 11 is 2.00. The van der Waals surface area contributed by atoms with Gasteiger partial charge in [-0.2, -0.15) is 0 Å². The maximum Gasteiger partial charge on any atom is 0.0552 e. The van der Waals surface area contributed by atoms with Crippen LogP contribution in [0, 0.1) is 6.92 Å². The van der Waals surface area contributed by atoms with Crippen LogP contribution in [0.15, 0.2) is 29.2 Å². The molecule has 0 atom stereocenters. The van der Waals surface area contributed by atoms with E-state index in [1.165, 1.54) is 15.8 Å². The smallest absolute Gasteiger partial charge is 0.0552 e. The normalized spacial score (nSPS) is 11.7. The fourth-order valence-electron chi connectivity index (χ4n) is 1.00. The van der Waals surface area contributed by atoms with Gasteiger partial charge >= 0.3 is 0 Å². The molecule has 72 valence electrons. The molecule has 0 unspecified atom stereocenters. The lowest BCUT2D eigenvalue weighted by Crippen LogP contribution is -2.23. The van der Waals surface area contributed by atoms with Gasteiger partial charge in [0, 0.05) is 4.90 Å². The van der Waals surface area contributed by atoms with Gasteiger partial charge in [0.05, 0.1) is 8.07 Å². The van der Waals surface area contributed by atoms with Crippen molar-refractivity contribution in [2.24, 2.45) is 0 Å². The second-order valence-electron chi connectivity index (χ2n) is 4.67. The molecule has 2 heteroatoms. The summed E-state index contributed by atoms with van der Waals surface area (Å²) in [6, 6.07) is 8.77. The zero-order valence-electron chi connectivity index (χ0n) is 8.92. The zero-order chi connectivity index (χ0) is 9.90. The third kappa shape index (κ3) is 4.53. The molecule has 0 aliphatic heterocycles. The summed E-state index contributed by atoms with van der Waals surface area (Å²) in [4.78, 5) is 1.42. The molecule has 0 aromatic heterocycles. The molecule has 1 aromatic rings. The summed E-state index contributed by atoms with van der Waals surface area (Å²) in [5.74, 6) is 0. The molecule has 1 rings (SSSR count). The lowest BCUT2D eigenvalue weighted by molar-refractivity contribution is 1.36. The first-order chi connectivity index (χ1) is 5.97. The van der Waals surface area contributed by atoms with Crippen molar-refractivity contribution < 1.29 is 0 Å². The minimum absolute atomic E-state index is 0.894. The van der Waals surface area contributed by atoms with Crippen molar-refractivity contribution in [2.45, 2.75) is 31.5 Å². The second-order valence-corrected chi connectivity index (χ2v) is 11.7. The number of hydrogen-bond donors (Lipinski definition) is 0. The average molecular weight is 210 g/mol. The van der Waals surface area contributed by atoms with Crippen LogP contribution < -0.4 is 0 Å². The highest BCUT2D eigenvalue weighted by Crippen LogP contribution is 2.22. The van der Waals surface area contributed by atoms with Crippen molar-refractivity contribution in [1.82, 2.24) is 0 Å². The van der Waals surface area contributed by atoms with Gasteiger partial charge in [0.15, 0.2) is 0 Å². The highest BCUT2D eigenvalue weighted by Gasteiger charge is 2.12. The van der Waals surface area contributed by atoms with Gasteiger partial charge in [0.25, 0.3) is 0 Å². The van der Waals surface area contributed by atoms with Crippen LogP contribution in [0.3, 0.4) is 0 Å². The summed E-state index contributed by atoms with van der Waals surface area (Å²) in [7, 11) is -0.894. The van der Waals surface area contributed by atoms with Gasteiger partial charge in [0.2, 0.25) is 0 Å². The summed E-state index contributed by atoms with van der Waals surface area (Å²) in [6.45, 7) is 9.39. The number of aryl methyl sites for hydroxylation is 1. The quantitative estimate of drug-likeness (QED) is 0.537. The Kier molecular flexibility index (Phi) is 3.62. The van der Waals surface area contributed by atoms with Crippen LogP contribution in [0.2, 0.25) is 19.6 Å². The van der Waals surface area contributed by atoms with E-state index in [0.29, 0.717) is 0 Å². The van der Waals surface area contributed by atoms with Gasteiger partial charge in [-0.15, -0.1) is 11.8 Å². The SMILES string of the molecule is Cc1cccc(SC[Si](C)(C)C)c1. The van der Waals surface area contributed by atoms with Crippen molar-refractivity contribution >= 4 is 19.8 Å². The van der Waals surface area contributed by atoms with E-state index in [1.807, 2.05) is 11.8 Å². The third-order valence-electron chi connectivity index (χ3n) is 1.66. The molecule has 0 saturated heterocycles. The largest absolute Gasteiger partial charge is 0.129 e. The Balaban J connectivity index is 2.55. The fraction of sp³-hybridized carbons (Fsp3) is 0.455. The molecule has 0 fully saturated rings. The van der Waals surface area contributed by atoms with Crippen LogP contribution in [-0.4, -0.2) is 13.5 Å². The Morgan fingerprint density at radius 3 is 2.46 bits per heavy atom. The van der Waals surface area contributed by atoms with Crippen LogP contribution in [0.25, 0.3) is 0 Å². The Morgan fingerprint density at radius 2 is 1.92 bits per heavy atom. The van der Waals surface area contributed by atoms with Crippen LogP contribution in [0.5, 0.6) is 0 Å². The van der Waals surface area contributed by atoms with Gasteiger partial charge in [-0.3, -0.25) is 0 Å². The predicted molar refractivity (Wildman–Crippen MR) is 65.2 cm³/mol. The third-order valence-corrected chi connectivity index (χ3v) is 6.29. The molecule has 0 amide bonds. The first-order valence-corrected chi connectivity index (χ1v) is 9.36. The first-order valence-electron chi connectivity index (χ1n) is 4.67. The molecule has 0 aliphatic carbocycles. The van der Waals surface area contributed by atoms with E-state index in [-0.39, 0.29) is 0 Å². The standard InChI is InChI=1S/C11H18SSi/c1-10-6-5-7-11(8-10)12-9-13(2,3)4/h5-8H,9H2,1-4H3. The lowest BCUT2D eigenvalue weighted by Gasteiger charge is -2.14. The monoisotopic (exact) mass is 210 g/mol. The highest BCUT2D eigenvalue weighted by molar-refractivity contribution is 8.01. The van der Waals surface area contributed by atoms with Crippen LogP contribution in [0.1, 0.15) is 5.56 Å². The lowest BCUT2D eigenvalue weighted by atomic mass is 10.2. The Morgan fingerprint density at radius 1 is 1.23 bits per heavy atom. The van der Waals surface area contributed by atoms with Gasteiger partial charge in [0.1, 0.15) is 0 Å². The van der Waals surface area contributed by atoms with E-state index in [2.05, 4.69) is 50.8 Å².